The van der Waals surface area contributed by atoms with Gasteiger partial charge in [-0.2, -0.15) is 5.10 Å². The summed E-state index contributed by atoms with van der Waals surface area (Å²) in [5.74, 6) is 0. The minimum absolute atomic E-state index is 0.0735. The molecule has 0 amide bonds. The Bertz CT molecular complexity index is 590. The zero-order valence-electron chi connectivity index (χ0n) is 11.2. The van der Waals surface area contributed by atoms with Gasteiger partial charge in [0.2, 0.25) is 0 Å². The molecule has 1 aromatic carbocycles. The molecule has 19 heavy (non-hydrogen) atoms. The lowest BCUT2D eigenvalue weighted by Gasteiger charge is -2.09. The molecule has 0 saturated heterocycles. The smallest absolute Gasteiger partial charge is 0.271 e. The topological polar surface area (TPSA) is 60.9 Å². The Morgan fingerprint density at radius 3 is 2.63 bits per heavy atom. The molecule has 0 radical (unpaired) electrons. The highest BCUT2D eigenvalue weighted by atomic mass is 16.1. The van der Waals surface area contributed by atoms with E-state index >= 15 is 0 Å². The van der Waals surface area contributed by atoms with Gasteiger partial charge in [-0.15, -0.1) is 0 Å². The van der Waals surface area contributed by atoms with Crippen LogP contribution in [0, 0.1) is 0 Å². The third-order valence-corrected chi connectivity index (χ3v) is 3.06. The summed E-state index contributed by atoms with van der Waals surface area (Å²) in [7, 11) is 0. The highest BCUT2D eigenvalue weighted by Crippen LogP contribution is 2.15. The summed E-state index contributed by atoms with van der Waals surface area (Å²) in [6.07, 6.45) is 1.97. The summed E-state index contributed by atoms with van der Waals surface area (Å²) in [6.45, 7) is 2.98. The number of hydrogen-bond acceptors (Lipinski definition) is 3. The Morgan fingerprint density at radius 2 is 2.00 bits per heavy atom. The average molecular weight is 257 g/mol. The van der Waals surface area contributed by atoms with Crippen LogP contribution in [0.2, 0.25) is 0 Å². The summed E-state index contributed by atoms with van der Waals surface area (Å²) in [5.41, 5.74) is 8.00. The molecule has 0 aliphatic carbocycles. The fourth-order valence-electron chi connectivity index (χ4n) is 1.95. The first-order valence-electron chi connectivity index (χ1n) is 6.62. The molecule has 0 spiro atoms. The molecular formula is C15H19N3O. The van der Waals surface area contributed by atoms with Gasteiger partial charge >= 0.3 is 0 Å². The fraction of sp³-hybridized carbons (Fsp3) is 0.333. The van der Waals surface area contributed by atoms with Crippen molar-refractivity contribution in [2.75, 3.05) is 0 Å². The first kappa shape index (κ1) is 13.5. The maximum absolute atomic E-state index is 12.1. The second-order valence-corrected chi connectivity index (χ2v) is 4.51. The number of aryl methyl sites for hydroxylation is 1. The normalized spacial score (nSPS) is 10.6. The molecule has 2 N–H and O–H groups in total. The molecule has 0 saturated carbocycles. The Balaban J connectivity index is 2.48. The molecule has 0 bridgehead atoms. The van der Waals surface area contributed by atoms with E-state index in [1.54, 1.807) is 6.07 Å². The van der Waals surface area contributed by atoms with Gasteiger partial charge < -0.3 is 5.73 Å². The average Bonchev–Trinajstić information content (AvgIpc) is 2.47. The van der Waals surface area contributed by atoms with E-state index in [1.807, 2.05) is 30.3 Å². The van der Waals surface area contributed by atoms with E-state index in [4.69, 9.17) is 5.73 Å². The van der Waals surface area contributed by atoms with Crippen LogP contribution in [0.3, 0.4) is 0 Å². The van der Waals surface area contributed by atoms with Crippen molar-refractivity contribution in [3.05, 3.63) is 52.3 Å². The minimum Gasteiger partial charge on any atom is -0.326 e. The molecule has 4 nitrogen and oxygen atoms in total. The Labute approximate surface area is 112 Å². The summed E-state index contributed by atoms with van der Waals surface area (Å²) < 4.78 is 1.54. The summed E-state index contributed by atoms with van der Waals surface area (Å²) >= 11 is 0. The number of unbranched alkanes of at least 4 members (excludes halogenated alkanes) is 1. The van der Waals surface area contributed by atoms with Crippen molar-refractivity contribution in [3.63, 3.8) is 0 Å². The van der Waals surface area contributed by atoms with Crippen LogP contribution < -0.4 is 11.3 Å². The lowest BCUT2D eigenvalue weighted by molar-refractivity contribution is 0.540. The predicted molar refractivity (Wildman–Crippen MR) is 76.7 cm³/mol. The SMILES string of the molecule is CCCCn1nc(-c2ccccc2)cc(CN)c1=O. The monoisotopic (exact) mass is 257 g/mol. The van der Waals surface area contributed by atoms with Gasteiger partial charge in [0.05, 0.1) is 5.69 Å². The predicted octanol–water partition coefficient (Wildman–Crippen LogP) is 2.17. The van der Waals surface area contributed by atoms with Gasteiger partial charge in [0.25, 0.3) is 5.56 Å². The van der Waals surface area contributed by atoms with E-state index in [-0.39, 0.29) is 12.1 Å². The lowest BCUT2D eigenvalue weighted by Crippen LogP contribution is -2.28. The van der Waals surface area contributed by atoms with Gasteiger partial charge in [0.15, 0.2) is 0 Å². The van der Waals surface area contributed by atoms with Gasteiger partial charge in [-0.3, -0.25) is 4.79 Å². The molecule has 2 rings (SSSR count). The quantitative estimate of drug-likeness (QED) is 0.893. The molecule has 4 heteroatoms. The van der Waals surface area contributed by atoms with Crippen molar-refractivity contribution >= 4 is 0 Å². The van der Waals surface area contributed by atoms with Crippen molar-refractivity contribution in [1.29, 1.82) is 0 Å². The van der Waals surface area contributed by atoms with Crippen molar-refractivity contribution in [1.82, 2.24) is 9.78 Å². The minimum atomic E-state index is -0.0735. The van der Waals surface area contributed by atoms with E-state index < -0.39 is 0 Å². The molecule has 1 aromatic heterocycles. The van der Waals surface area contributed by atoms with Gasteiger partial charge in [0.1, 0.15) is 0 Å². The van der Waals surface area contributed by atoms with E-state index in [1.165, 1.54) is 4.68 Å². The van der Waals surface area contributed by atoms with Crippen LogP contribution in [0.25, 0.3) is 11.3 Å². The van der Waals surface area contributed by atoms with Crippen LogP contribution in [0.5, 0.6) is 0 Å². The second kappa shape index (κ2) is 6.29. The standard InChI is InChI=1S/C15H19N3O/c1-2-3-9-18-15(19)13(11-16)10-14(17-18)12-7-5-4-6-8-12/h4-8,10H,2-3,9,11,16H2,1H3. The summed E-state index contributed by atoms with van der Waals surface area (Å²) in [5, 5.41) is 4.44. The second-order valence-electron chi connectivity index (χ2n) is 4.51. The van der Waals surface area contributed by atoms with Crippen molar-refractivity contribution in [2.45, 2.75) is 32.9 Å². The lowest BCUT2D eigenvalue weighted by atomic mass is 10.1. The van der Waals surface area contributed by atoms with Gasteiger partial charge in [-0.05, 0) is 12.5 Å². The number of benzene rings is 1. The Hall–Kier alpha value is -1.94. The highest BCUT2D eigenvalue weighted by Gasteiger charge is 2.08. The molecule has 2 aromatic rings. The molecule has 0 unspecified atom stereocenters. The maximum Gasteiger partial charge on any atom is 0.271 e. The van der Waals surface area contributed by atoms with Crippen LogP contribution >= 0.6 is 0 Å². The first-order chi connectivity index (χ1) is 9.26. The zero-order valence-corrected chi connectivity index (χ0v) is 11.2. The molecule has 0 aliphatic heterocycles. The van der Waals surface area contributed by atoms with Crippen LogP contribution in [-0.4, -0.2) is 9.78 Å². The van der Waals surface area contributed by atoms with Crippen LogP contribution in [0.1, 0.15) is 25.3 Å². The molecule has 0 fully saturated rings. The molecule has 1 heterocycles. The van der Waals surface area contributed by atoms with E-state index in [0.717, 1.165) is 24.1 Å². The number of hydrogen-bond donors (Lipinski definition) is 1. The van der Waals surface area contributed by atoms with Gasteiger partial charge in [-0.1, -0.05) is 43.7 Å². The molecule has 0 atom stereocenters. The summed E-state index contributed by atoms with van der Waals surface area (Å²) in [4.78, 5) is 12.1. The molecule has 100 valence electrons. The molecule has 0 aliphatic rings. The van der Waals surface area contributed by atoms with Crippen LogP contribution in [-0.2, 0) is 13.1 Å². The Kier molecular flexibility index (Phi) is 4.47. The van der Waals surface area contributed by atoms with E-state index in [0.29, 0.717) is 12.1 Å². The van der Waals surface area contributed by atoms with Gasteiger partial charge in [0, 0.05) is 24.2 Å². The van der Waals surface area contributed by atoms with E-state index in [2.05, 4.69) is 12.0 Å². The van der Waals surface area contributed by atoms with Crippen LogP contribution in [0.15, 0.2) is 41.2 Å². The van der Waals surface area contributed by atoms with Crippen molar-refractivity contribution in [3.8, 4) is 11.3 Å². The number of nitrogens with zero attached hydrogens (tertiary/aromatic N) is 2. The Morgan fingerprint density at radius 1 is 1.26 bits per heavy atom. The first-order valence-corrected chi connectivity index (χ1v) is 6.62. The van der Waals surface area contributed by atoms with Crippen molar-refractivity contribution < 1.29 is 0 Å². The number of nitrogens with two attached hydrogens (primary N) is 1. The van der Waals surface area contributed by atoms with E-state index in [9.17, 15) is 4.79 Å². The number of aromatic nitrogens is 2. The maximum atomic E-state index is 12.1. The highest BCUT2D eigenvalue weighted by molar-refractivity contribution is 5.58. The summed E-state index contributed by atoms with van der Waals surface area (Å²) in [6, 6.07) is 11.6. The third kappa shape index (κ3) is 3.09. The van der Waals surface area contributed by atoms with Crippen LogP contribution in [0.4, 0.5) is 0 Å². The molecular weight excluding hydrogens is 238 g/mol. The van der Waals surface area contributed by atoms with Crippen molar-refractivity contribution in [2.24, 2.45) is 5.73 Å². The zero-order chi connectivity index (χ0) is 13.7. The third-order valence-electron chi connectivity index (χ3n) is 3.06. The van der Waals surface area contributed by atoms with Gasteiger partial charge in [-0.25, -0.2) is 4.68 Å². The number of rotatable bonds is 5. The largest absolute Gasteiger partial charge is 0.326 e. The fourth-order valence-corrected chi connectivity index (χ4v) is 1.95.